The summed E-state index contributed by atoms with van der Waals surface area (Å²) >= 11 is 12.1. The molecule has 4 rings (SSSR count). The molecule has 1 N–H and O–H groups in total. The zero-order chi connectivity index (χ0) is 24.2. The molecule has 11 nitrogen and oxygen atoms in total. The van der Waals surface area contributed by atoms with Gasteiger partial charge >= 0.3 is 5.69 Å². The third kappa shape index (κ3) is 5.47. The number of halogens is 3. The van der Waals surface area contributed by atoms with Gasteiger partial charge in [-0.3, -0.25) is 20.2 Å². The molecular formula is C20H14Cl2FN7O4. The van der Waals surface area contributed by atoms with Crippen LogP contribution >= 0.6 is 23.2 Å². The second-order valence-corrected chi connectivity index (χ2v) is 7.68. The highest BCUT2D eigenvalue weighted by Gasteiger charge is 2.17. The molecule has 0 spiro atoms. The maximum atomic E-state index is 13.4. The van der Waals surface area contributed by atoms with Crippen molar-refractivity contribution in [2.75, 3.05) is 5.32 Å². The van der Waals surface area contributed by atoms with E-state index >= 15 is 0 Å². The first-order chi connectivity index (χ1) is 16.3. The van der Waals surface area contributed by atoms with E-state index in [9.17, 15) is 19.3 Å². The van der Waals surface area contributed by atoms with Crippen molar-refractivity contribution in [1.29, 1.82) is 0 Å². The number of anilines is 1. The first-order valence-electron chi connectivity index (χ1n) is 9.53. The molecule has 174 valence electrons. The fourth-order valence-electron chi connectivity index (χ4n) is 2.86. The molecule has 0 aliphatic carbocycles. The lowest BCUT2D eigenvalue weighted by Crippen LogP contribution is -2.15. The topological polar surface area (TPSA) is 130 Å². The second kappa shape index (κ2) is 9.85. The van der Waals surface area contributed by atoms with Crippen molar-refractivity contribution in [2.45, 2.75) is 13.3 Å². The summed E-state index contributed by atoms with van der Waals surface area (Å²) in [6, 6.07) is 9.34. The Balaban J connectivity index is 1.37. The molecule has 2 aromatic heterocycles. The van der Waals surface area contributed by atoms with Crippen LogP contribution in [0.3, 0.4) is 0 Å². The van der Waals surface area contributed by atoms with Gasteiger partial charge in [-0.1, -0.05) is 29.3 Å². The number of hydrogen-bond donors (Lipinski definition) is 1. The summed E-state index contributed by atoms with van der Waals surface area (Å²) in [5.74, 6) is -1.48. The Hall–Kier alpha value is -4.03. The van der Waals surface area contributed by atoms with Gasteiger partial charge in [0.2, 0.25) is 11.7 Å². The molecule has 0 aliphatic rings. The number of carbonyl (C=O) groups excluding carboxylic acids is 1. The van der Waals surface area contributed by atoms with Gasteiger partial charge in [0.05, 0.1) is 11.5 Å². The zero-order valence-electron chi connectivity index (χ0n) is 17.1. The SMILES string of the molecule is O=C(Nc1ncn(Cc2ccc(Cl)cc2Cl)n1)c1ccn(COc2cc(F)ccc2[N+](=O)[O-])n1. The Labute approximate surface area is 200 Å². The van der Waals surface area contributed by atoms with E-state index in [1.165, 1.54) is 28.0 Å². The Morgan fingerprint density at radius 2 is 1.97 bits per heavy atom. The molecule has 2 aromatic carbocycles. The predicted molar refractivity (Wildman–Crippen MR) is 119 cm³/mol. The number of amides is 1. The molecule has 0 radical (unpaired) electrons. The van der Waals surface area contributed by atoms with Gasteiger partial charge in [0.25, 0.3) is 5.91 Å². The van der Waals surface area contributed by atoms with Crippen LogP contribution in [0.5, 0.6) is 5.75 Å². The highest BCUT2D eigenvalue weighted by atomic mass is 35.5. The van der Waals surface area contributed by atoms with Crippen molar-refractivity contribution in [1.82, 2.24) is 24.5 Å². The average molecular weight is 506 g/mol. The van der Waals surface area contributed by atoms with E-state index in [1.807, 2.05) is 0 Å². The molecule has 0 saturated heterocycles. The van der Waals surface area contributed by atoms with Crippen molar-refractivity contribution in [2.24, 2.45) is 0 Å². The number of nitro groups is 1. The molecule has 0 fully saturated rings. The third-order valence-electron chi connectivity index (χ3n) is 4.45. The van der Waals surface area contributed by atoms with Crippen molar-refractivity contribution >= 4 is 40.7 Å². The van der Waals surface area contributed by atoms with Gasteiger partial charge in [-0.05, 0) is 29.8 Å². The van der Waals surface area contributed by atoms with Crippen LogP contribution in [-0.4, -0.2) is 35.4 Å². The second-order valence-electron chi connectivity index (χ2n) is 6.84. The molecule has 14 heteroatoms. The summed E-state index contributed by atoms with van der Waals surface area (Å²) in [4.78, 5) is 26.8. The molecule has 2 heterocycles. The minimum absolute atomic E-state index is 0.0226. The number of aromatic nitrogens is 5. The van der Waals surface area contributed by atoms with Crippen LogP contribution < -0.4 is 10.1 Å². The fraction of sp³-hybridized carbons (Fsp3) is 0.100. The number of rotatable bonds is 8. The fourth-order valence-corrected chi connectivity index (χ4v) is 3.33. The maximum Gasteiger partial charge on any atom is 0.311 e. The van der Waals surface area contributed by atoms with Gasteiger partial charge in [0, 0.05) is 28.4 Å². The van der Waals surface area contributed by atoms with Crippen LogP contribution in [0.15, 0.2) is 55.0 Å². The number of ether oxygens (including phenoxy) is 1. The van der Waals surface area contributed by atoms with Gasteiger partial charge < -0.3 is 4.74 Å². The lowest BCUT2D eigenvalue weighted by atomic mass is 10.2. The highest BCUT2D eigenvalue weighted by molar-refractivity contribution is 6.35. The number of carbonyl (C=O) groups is 1. The van der Waals surface area contributed by atoms with Crippen molar-refractivity contribution < 1.29 is 18.8 Å². The summed E-state index contributed by atoms with van der Waals surface area (Å²) in [7, 11) is 0. The van der Waals surface area contributed by atoms with Crippen molar-refractivity contribution in [3.8, 4) is 5.75 Å². The van der Waals surface area contributed by atoms with E-state index < -0.39 is 22.3 Å². The van der Waals surface area contributed by atoms with E-state index in [2.05, 4.69) is 20.5 Å². The van der Waals surface area contributed by atoms with E-state index in [0.717, 1.165) is 23.8 Å². The summed E-state index contributed by atoms with van der Waals surface area (Å²) in [5, 5.41) is 22.8. The zero-order valence-corrected chi connectivity index (χ0v) is 18.6. The molecule has 1 amide bonds. The van der Waals surface area contributed by atoms with Crippen molar-refractivity contribution in [3.05, 3.63) is 92.2 Å². The number of nitrogens with zero attached hydrogens (tertiary/aromatic N) is 6. The molecule has 0 atom stereocenters. The summed E-state index contributed by atoms with van der Waals surface area (Å²) in [5.41, 5.74) is 0.397. The smallest absolute Gasteiger partial charge is 0.311 e. The van der Waals surface area contributed by atoms with Crippen LogP contribution in [-0.2, 0) is 13.3 Å². The monoisotopic (exact) mass is 505 g/mol. The minimum atomic E-state index is -0.691. The van der Waals surface area contributed by atoms with E-state index in [4.69, 9.17) is 27.9 Å². The molecular weight excluding hydrogens is 492 g/mol. The number of nitro benzene ring substituents is 1. The van der Waals surface area contributed by atoms with E-state index in [-0.39, 0.29) is 24.1 Å². The van der Waals surface area contributed by atoms with Crippen LogP contribution in [0.4, 0.5) is 16.0 Å². The molecule has 0 unspecified atom stereocenters. The molecule has 0 bridgehead atoms. The van der Waals surface area contributed by atoms with Crippen LogP contribution in [0.2, 0.25) is 10.0 Å². The molecule has 4 aromatic rings. The Morgan fingerprint density at radius 1 is 1.15 bits per heavy atom. The standard InChI is InChI=1S/C20H14Cl2FN7O4/c21-13-2-1-12(15(22)7-13)9-29-10-24-20(27-29)25-19(31)16-5-6-28(26-16)11-34-18-8-14(23)3-4-17(18)30(32)33/h1-8,10H,9,11H2,(H,25,27,31). The van der Waals surface area contributed by atoms with Crippen LogP contribution in [0.25, 0.3) is 0 Å². The quantitative estimate of drug-likeness (QED) is 0.281. The first kappa shape index (κ1) is 23.1. The van der Waals surface area contributed by atoms with E-state index in [1.54, 1.807) is 18.2 Å². The van der Waals surface area contributed by atoms with E-state index in [0.29, 0.717) is 16.6 Å². The van der Waals surface area contributed by atoms with Gasteiger partial charge in [-0.2, -0.15) is 5.10 Å². The van der Waals surface area contributed by atoms with Gasteiger partial charge in [0.1, 0.15) is 12.1 Å². The Morgan fingerprint density at radius 3 is 2.74 bits per heavy atom. The minimum Gasteiger partial charge on any atom is -0.464 e. The summed E-state index contributed by atoms with van der Waals surface area (Å²) in [6.45, 7) is 0.0311. The Kier molecular flexibility index (Phi) is 6.70. The summed E-state index contributed by atoms with van der Waals surface area (Å²) in [6.07, 6.45) is 2.85. The largest absolute Gasteiger partial charge is 0.464 e. The first-order valence-corrected chi connectivity index (χ1v) is 10.3. The van der Waals surface area contributed by atoms with Gasteiger partial charge in [0.15, 0.2) is 12.4 Å². The predicted octanol–water partition coefficient (Wildman–Crippen LogP) is 4.17. The van der Waals surface area contributed by atoms with Crippen LogP contribution in [0.1, 0.15) is 16.1 Å². The third-order valence-corrected chi connectivity index (χ3v) is 5.04. The van der Waals surface area contributed by atoms with Gasteiger partial charge in [-0.25, -0.2) is 18.7 Å². The molecule has 0 aliphatic heterocycles. The highest BCUT2D eigenvalue weighted by Crippen LogP contribution is 2.27. The molecule has 34 heavy (non-hydrogen) atoms. The lowest BCUT2D eigenvalue weighted by Gasteiger charge is -2.06. The van der Waals surface area contributed by atoms with Crippen molar-refractivity contribution in [3.63, 3.8) is 0 Å². The number of nitrogens with one attached hydrogen (secondary N) is 1. The number of hydrogen-bond acceptors (Lipinski definition) is 7. The van der Waals surface area contributed by atoms with Crippen LogP contribution in [0, 0.1) is 15.9 Å². The normalized spacial score (nSPS) is 10.8. The lowest BCUT2D eigenvalue weighted by molar-refractivity contribution is -0.386. The molecule has 0 saturated carbocycles. The van der Waals surface area contributed by atoms with Gasteiger partial charge in [-0.15, -0.1) is 5.10 Å². The Bertz CT molecular complexity index is 1370. The average Bonchev–Trinajstić information content (AvgIpc) is 3.43. The number of benzene rings is 2. The summed E-state index contributed by atoms with van der Waals surface area (Å²) < 4.78 is 21.4. The maximum absolute atomic E-state index is 13.4.